The van der Waals surface area contributed by atoms with Crippen molar-refractivity contribution in [1.29, 1.82) is 0 Å². The lowest BCUT2D eigenvalue weighted by Gasteiger charge is -2.26. The highest BCUT2D eigenvalue weighted by Gasteiger charge is 2.28. The number of furan rings is 1. The minimum Gasteiger partial charge on any atom is -0.459 e. The van der Waals surface area contributed by atoms with Crippen LogP contribution in [0.15, 0.2) is 68.7 Å². The maximum absolute atomic E-state index is 13.6. The average Bonchev–Trinajstić information content (AvgIpc) is 3.31. The summed E-state index contributed by atoms with van der Waals surface area (Å²) in [7, 11) is -2.15. The van der Waals surface area contributed by atoms with Crippen LogP contribution in [0, 0.1) is 0 Å². The van der Waals surface area contributed by atoms with Gasteiger partial charge in [0, 0.05) is 42.5 Å². The van der Waals surface area contributed by atoms with Crippen molar-refractivity contribution in [2.45, 2.75) is 17.9 Å². The summed E-state index contributed by atoms with van der Waals surface area (Å²) in [6.45, 7) is 3.01. The van der Waals surface area contributed by atoms with E-state index in [4.69, 9.17) is 9.15 Å². The summed E-state index contributed by atoms with van der Waals surface area (Å²) in [6, 6.07) is 14.6. The third-order valence-corrected chi connectivity index (χ3v) is 8.31. The Bertz CT molecular complexity index is 1550. The second kappa shape index (κ2) is 8.95. The second-order valence-electron chi connectivity index (χ2n) is 8.55. The fourth-order valence-electron chi connectivity index (χ4n) is 4.27. The number of sulfonamides is 1. The first-order valence-electron chi connectivity index (χ1n) is 11.3. The van der Waals surface area contributed by atoms with Crippen molar-refractivity contribution < 1.29 is 22.4 Å². The molecule has 1 N–H and O–H groups in total. The number of nitrogens with one attached hydrogen (secondary N) is 1. The first kappa shape index (κ1) is 23.3. The Morgan fingerprint density at radius 3 is 2.57 bits per heavy atom. The normalized spacial score (nSPS) is 15.9. The van der Waals surface area contributed by atoms with Crippen LogP contribution in [0.5, 0.6) is 0 Å². The van der Waals surface area contributed by atoms with Gasteiger partial charge >= 0.3 is 0 Å². The van der Waals surface area contributed by atoms with E-state index < -0.39 is 27.5 Å². The molecule has 4 aromatic rings. The van der Waals surface area contributed by atoms with E-state index in [0.29, 0.717) is 29.9 Å². The van der Waals surface area contributed by atoms with Crippen LogP contribution < -0.4 is 5.56 Å². The molecule has 1 unspecified atom stereocenters. The molecular formula is C25H25N3O6S. The van der Waals surface area contributed by atoms with E-state index in [1.807, 2.05) is 37.3 Å². The van der Waals surface area contributed by atoms with Crippen LogP contribution in [-0.4, -0.2) is 61.9 Å². The standard InChI is InChI=1S/C25H25N3O6S/c1-16(23-13-17-5-3-4-6-22(17)34-23)27(2)25(30)20-15-24(29)26-21-8-7-18(14-19(20)21)35(31,32)28-9-11-33-12-10-28/h3-8,13-16H,9-12H2,1-2H3,(H,26,29). The highest BCUT2D eigenvalue weighted by atomic mass is 32.2. The molecule has 0 aliphatic carbocycles. The Morgan fingerprint density at radius 2 is 1.83 bits per heavy atom. The first-order valence-corrected chi connectivity index (χ1v) is 12.7. The van der Waals surface area contributed by atoms with Crippen molar-refractivity contribution in [2.24, 2.45) is 0 Å². The molecule has 1 atom stereocenters. The number of para-hydroxylation sites is 1. The zero-order valence-electron chi connectivity index (χ0n) is 19.4. The molecular weight excluding hydrogens is 470 g/mol. The molecule has 0 spiro atoms. The molecule has 1 amide bonds. The third-order valence-electron chi connectivity index (χ3n) is 6.41. The minimum absolute atomic E-state index is 0.0565. The van der Waals surface area contributed by atoms with Gasteiger partial charge in [-0.2, -0.15) is 4.31 Å². The number of hydrogen-bond acceptors (Lipinski definition) is 6. The molecule has 9 nitrogen and oxygen atoms in total. The zero-order valence-corrected chi connectivity index (χ0v) is 20.2. The van der Waals surface area contributed by atoms with E-state index >= 15 is 0 Å². The highest BCUT2D eigenvalue weighted by Crippen LogP contribution is 2.29. The lowest BCUT2D eigenvalue weighted by Crippen LogP contribution is -2.40. The summed E-state index contributed by atoms with van der Waals surface area (Å²) in [5.74, 6) is 0.182. The van der Waals surface area contributed by atoms with E-state index in [9.17, 15) is 18.0 Å². The number of benzene rings is 2. The fourth-order valence-corrected chi connectivity index (χ4v) is 5.71. The van der Waals surface area contributed by atoms with Crippen molar-refractivity contribution in [3.8, 4) is 0 Å². The number of aromatic amines is 1. The van der Waals surface area contributed by atoms with Gasteiger partial charge in [-0.15, -0.1) is 0 Å². The summed E-state index contributed by atoms with van der Waals surface area (Å²) in [4.78, 5) is 30.1. The molecule has 182 valence electrons. The Balaban J connectivity index is 1.53. The van der Waals surface area contributed by atoms with E-state index in [1.165, 1.54) is 33.5 Å². The molecule has 0 bridgehead atoms. The number of amides is 1. The quantitative estimate of drug-likeness (QED) is 0.455. The molecule has 1 aliphatic heterocycles. The van der Waals surface area contributed by atoms with Gasteiger partial charge in [-0.25, -0.2) is 8.42 Å². The molecule has 2 aromatic heterocycles. The predicted octanol–water partition coefficient (Wildman–Crippen LogP) is 3.13. The van der Waals surface area contributed by atoms with Crippen LogP contribution in [0.3, 0.4) is 0 Å². The number of H-pyrrole nitrogens is 1. The number of carbonyl (C=O) groups excluding carboxylic acids is 1. The SMILES string of the molecule is CC(c1cc2ccccc2o1)N(C)C(=O)c1cc(=O)[nH]c2ccc(S(=O)(=O)N3CCOCC3)cc12. The largest absolute Gasteiger partial charge is 0.459 e. The Labute approximate surface area is 201 Å². The molecule has 3 heterocycles. The molecule has 1 fully saturated rings. The number of rotatable bonds is 5. The first-order chi connectivity index (χ1) is 16.8. The van der Waals surface area contributed by atoms with Gasteiger partial charge in [0.15, 0.2) is 0 Å². The monoisotopic (exact) mass is 495 g/mol. The van der Waals surface area contributed by atoms with Crippen molar-refractivity contribution in [3.63, 3.8) is 0 Å². The van der Waals surface area contributed by atoms with Crippen LogP contribution in [0.25, 0.3) is 21.9 Å². The van der Waals surface area contributed by atoms with Crippen molar-refractivity contribution in [3.05, 3.63) is 76.3 Å². The average molecular weight is 496 g/mol. The van der Waals surface area contributed by atoms with E-state index in [2.05, 4.69) is 4.98 Å². The summed E-state index contributed by atoms with van der Waals surface area (Å²) in [5, 5.41) is 1.28. The number of morpholine rings is 1. The number of carbonyl (C=O) groups is 1. The highest BCUT2D eigenvalue weighted by molar-refractivity contribution is 7.89. The Morgan fingerprint density at radius 1 is 1.09 bits per heavy atom. The molecule has 5 rings (SSSR count). The van der Waals surface area contributed by atoms with E-state index in [-0.39, 0.29) is 23.5 Å². The summed E-state index contributed by atoms with van der Waals surface area (Å²) in [6.07, 6.45) is 0. The molecule has 10 heteroatoms. The lowest BCUT2D eigenvalue weighted by atomic mass is 10.1. The van der Waals surface area contributed by atoms with Gasteiger partial charge in [-0.1, -0.05) is 18.2 Å². The molecule has 0 radical (unpaired) electrons. The van der Waals surface area contributed by atoms with Crippen molar-refractivity contribution in [2.75, 3.05) is 33.4 Å². The summed E-state index contributed by atoms with van der Waals surface area (Å²) >= 11 is 0. The van der Waals surface area contributed by atoms with Gasteiger partial charge in [0.1, 0.15) is 11.3 Å². The van der Waals surface area contributed by atoms with Crippen LogP contribution in [0.4, 0.5) is 0 Å². The number of ether oxygens (including phenoxy) is 1. The van der Waals surface area contributed by atoms with Gasteiger partial charge in [-0.05, 0) is 37.3 Å². The number of fused-ring (bicyclic) bond motifs is 2. The van der Waals surface area contributed by atoms with Gasteiger partial charge in [0.05, 0.1) is 29.7 Å². The second-order valence-corrected chi connectivity index (χ2v) is 10.5. The van der Waals surface area contributed by atoms with Gasteiger partial charge in [0.2, 0.25) is 15.6 Å². The number of hydrogen-bond donors (Lipinski definition) is 1. The maximum Gasteiger partial charge on any atom is 0.255 e. The molecule has 0 saturated carbocycles. The number of pyridine rings is 1. The Kier molecular flexibility index (Phi) is 5.96. The predicted molar refractivity (Wildman–Crippen MR) is 131 cm³/mol. The van der Waals surface area contributed by atoms with Crippen molar-refractivity contribution >= 4 is 37.8 Å². The summed E-state index contributed by atoms with van der Waals surface area (Å²) < 4.78 is 38.9. The van der Waals surface area contributed by atoms with Crippen LogP contribution >= 0.6 is 0 Å². The van der Waals surface area contributed by atoms with Gasteiger partial charge < -0.3 is 19.0 Å². The van der Waals surface area contributed by atoms with Gasteiger partial charge in [0.25, 0.3) is 5.91 Å². The fraction of sp³-hybridized carbons (Fsp3) is 0.280. The Hall–Kier alpha value is -3.47. The number of aromatic nitrogens is 1. The van der Waals surface area contributed by atoms with Crippen LogP contribution in [-0.2, 0) is 14.8 Å². The topological polar surface area (TPSA) is 113 Å². The zero-order chi connectivity index (χ0) is 24.7. The van der Waals surface area contributed by atoms with E-state index in [0.717, 1.165) is 11.0 Å². The van der Waals surface area contributed by atoms with E-state index in [1.54, 1.807) is 7.05 Å². The molecule has 1 aliphatic rings. The van der Waals surface area contributed by atoms with Crippen LogP contribution in [0.2, 0.25) is 0 Å². The molecule has 35 heavy (non-hydrogen) atoms. The maximum atomic E-state index is 13.6. The van der Waals surface area contributed by atoms with Crippen LogP contribution in [0.1, 0.15) is 29.1 Å². The van der Waals surface area contributed by atoms with Gasteiger partial charge in [-0.3, -0.25) is 9.59 Å². The molecule has 1 saturated heterocycles. The summed E-state index contributed by atoms with van der Waals surface area (Å²) in [5.41, 5.74) is 0.768. The minimum atomic E-state index is -3.78. The smallest absolute Gasteiger partial charge is 0.255 e. The van der Waals surface area contributed by atoms with Crippen molar-refractivity contribution in [1.82, 2.24) is 14.2 Å². The lowest BCUT2D eigenvalue weighted by molar-refractivity contribution is 0.0729. The molecule has 2 aromatic carbocycles. The number of nitrogens with zero attached hydrogens (tertiary/aromatic N) is 2. The third kappa shape index (κ3) is 4.24.